The molecule has 0 aliphatic carbocycles. The Morgan fingerprint density at radius 2 is 1.80 bits per heavy atom. The van der Waals surface area contributed by atoms with E-state index in [4.69, 9.17) is 16.3 Å². The first-order chi connectivity index (χ1) is 12.2. The summed E-state index contributed by atoms with van der Waals surface area (Å²) in [5.74, 6) is 0.0454. The van der Waals surface area contributed by atoms with E-state index in [1.165, 1.54) is 0 Å². The molecular formula is C20H17ClN2O2. The van der Waals surface area contributed by atoms with Crippen LogP contribution in [0.3, 0.4) is 0 Å². The summed E-state index contributed by atoms with van der Waals surface area (Å²) in [6.07, 6.45) is 3.65. The van der Waals surface area contributed by atoms with Crippen LogP contribution in [0.15, 0.2) is 54.9 Å². The van der Waals surface area contributed by atoms with E-state index in [0.29, 0.717) is 36.9 Å². The number of morpholine rings is 1. The van der Waals surface area contributed by atoms with Crippen molar-refractivity contribution in [3.05, 3.63) is 65.4 Å². The number of rotatable bonds is 2. The molecule has 4 rings (SSSR count). The minimum Gasteiger partial charge on any atom is -0.378 e. The summed E-state index contributed by atoms with van der Waals surface area (Å²) in [6.45, 7) is 2.47. The molecule has 3 aromatic rings. The van der Waals surface area contributed by atoms with Gasteiger partial charge in [-0.1, -0.05) is 29.8 Å². The van der Waals surface area contributed by atoms with E-state index in [0.717, 1.165) is 21.9 Å². The Morgan fingerprint density at radius 1 is 1.04 bits per heavy atom. The Bertz CT molecular complexity index is 919. The molecule has 0 unspecified atom stereocenters. The number of aromatic nitrogens is 1. The van der Waals surface area contributed by atoms with Gasteiger partial charge >= 0.3 is 0 Å². The van der Waals surface area contributed by atoms with Crippen LogP contribution in [0.4, 0.5) is 0 Å². The van der Waals surface area contributed by atoms with Crippen molar-refractivity contribution in [2.75, 3.05) is 26.3 Å². The number of fused-ring (bicyclic) bond motifs is 1. The number of pyridine rings is 1. The normalized spacial score (nSPS) is 14.7. The minimum atomic E-state index is 0.0454. The van der Waals surface area contributed by atoms with Gasteiger partial charge in [0.05, 0.1) is 13.2 Å². The lowest BCUT2D eigenvalue weighted by Gasteiger charge is -2.27. The molecule has 1 saturated heterocycles. The van der Waals surface area contributed by atoms with Crippen LogP contribution in [0.2, 0.25) is 5.02 Å². The first kappa shape index (κ1) is 16.1. The summed E-state index contributed by atoms with van der Waals surface area (Å²) in [7, 11) is 0. The van der Waals surface area contributed by atoms with Gasteiger partial charge in [-0.25, -0.2) is 0 Å². The highest BCUT2D eigenvalue weighted by molar-refractivity contribution is 6.30. The van der Waals surface area contributed by atoms with Gasteiger partial charge in [0, 0.05) is 47.0 Å². The first-order valence-corrected chi connectivity index (χ1v) is 8.61. The maximum Gasteiger partial charge on any atom is 0.254 e. The van der Waals surface area contributed by atoms with Gasteiger partial charge in [-0.3, -0.25) is 9.78 Å². The SMILES string of the molecule is O=C(c1ccc2cncc(-c3ccc(Cl)cc3)c2c1)N1CCOCC1. The molecule has 0 spiro atoms. The lowest BCUT2D eigenvalue weighted by atomic mass is 9.99. The molecule has 2 aromatic carbocycles. The van der Waals surface area contributed by atoms with Gasteiger partial charge in [0.1, 0.15) is 0 Å². The average Bonchev–Trinajstić information content (AvgIpc) is 2.68. The van der Waals surface area contributed by atoms with Crippen LogP contribution in [0, 0.1) is 0 Å². The third-order valence-corrected chi connectivity index (χ3v) is 4.71. The van der Waals surface area contributed by atoms with E-state index >= 15 is 0 Å². The van der Waals surface area contributed by atoms with E-state index in [2.05, 4.69) is 4.98 Å². The number of hydrogen-bond acceptors (Lipinski definition) is 3. The molecule has 1 aliphatic rings. The van der Waals surface area contributed by atoms with Crippen molar-refractivity contribution in [2.45, 2.75) is 0 Å². The lowest BCUT2D eigenvalue weighted by Crippen LogP contribution is -2.40. The fourth-order valence-electron chi connectivity index (χ4n) is 3.11. The molecule has 25 heavy (non-hydrogen) atoms. The molecule has 0 N–H and O–H groups in total. The summed E-state index contributed by atoms with van der Waals surface area (Å²) < 4.78 is 5.33. The summed E-state index contributed by atoms with van der Waals surface area (Å²) in [6, 6.07) is 13.4. The van der Waals surface area contributed by atoms with Crippen molar-refractivity contribution in [3.8, 4) is 11.1 Å². The van der Waals surface area contributed by atoms with Crippen molar-refractivity contribution in [3.63, 3.8) is 0 Å². The Morgan fingerprint density at radius 3 is 2.56 bits per heavy atom. The number of carbonyl (C=O) groups excluding carboxylic acids is 1. The number of carbonyl (C=O) groups is 1. The smallest absolute Gasteiger partial charge is 0.254 e. The van der Waals surface area contributed by atoms with E-state index in [1.54, 1.807) is 0 Å². The van der Waals surface area contributed by atoms with Crippen LogP contribution in [-0.4, -0.2) is 42.1 Å². The van der Waals surface area contributed by atoms with Crippen LogP contribution in [0.5, 0.6) is 0 Å². The van der Waals surface area contributed by atoms with E-state index in [-0.39, 0.29) is 5.91 Å². The Labute approximate surface area is 151 Å². The summed E-state index contributed by atoms with van der Waals surface area (Å²) in [4.78, 5) is 18.9. The van der Waals surface area contributed by atoms with Crippen LogP contribution in [0.25, 0.3) is 21.9 Å². The highest BCUT2D eigenvalue weighted by Crippen LogP contribution is 2.29. The van der Waals surface area contributed by atoms with Gasteiger partial charge in [0.2, 0.25) is 0 Å². The molecule has 0 radical (unpaired) electrons. The standard InChI is InChI=1S/C20H17ClN2O2/c21-17-5-3-14(4-6-17)19-13-22-12-16-2-1-15(11-18(16)19)20(24)23-7-9-25-10-8-23/h1-6,11-13H,7-10H2. The second-order valence-corrected chi connectivity index (χ2v) is 6.47. The zero-order chi connectivity index (χ0) is 17.2. The van der Waals surface area contributed by atoms with Crippen LogP contribution in [-0.2, 0) is 4.74 Å². The predicted octanol–water partition coefficient (Wildman–Crippen LogP) is 4.03. The monoisotopic (exact) mass is 352 g/mol. The molecular weight excluding hydrogens is 336 g/mol. The van der Waals surface area contributed by atoms with E-state index in [9.17, 15) is 4.79 Å². The van der Waals surface area contributed by atoms with Crippen LogP contribution in [0.1, 0.15) is 10.4 Å². The van der Waals surface area contributed by atoms with Gasteiger partial charge in [-0.15, -0.1) is 0 Å². The van der Waals surface area contributed by atoms with Crippen molar-refractivity contribution >= 4 is 28.3 Å². The first-order valence-electron chi connectivity index (χ1n) is 8.23. The number of ether oxygens (including phenoxy) is 1. The molecule has 126 valence electrons. The molecule has 2 heterocycles. The van der Waals surface area contributed by atoms with Crippen molar-refractivity contribution in [1.29, 1.82) is 0 Å². The minimum absolute atomic E-state index is 0.0454. The van der Waals surface area contributed by atoms with Gasteiger partial charge in [0.15, 0.2) is 0 Å². The fourth-order valence-corrected chi connectivity index (χ4v) is 3.23. The quantitative estimate of drug-likeness (QED) is 0.699. The lowest BCUT2D eigenvalue weighted by molar-refractivity contribution is 0.0303. The Balaban J connectivity index is 1.77. The van der Waals surface area contributed by atoms with Crippen LogP contribution < -0.4 is 0 Å². The highest BCUT2D eigenvalue weighted by atomic mass is 35.5. The number of halogens is 1. The van der Waals surface area contributed by atoms with Gasteiger partial charge in [0.25, 0.3) is 5.91 Å². The summed E-state index contributed by atoms with van der Waals surface area (Å²) >= 11 is 5.99. The number of benzene rings is 2. The second kappa shape index (κ2) is 6.82. The van der Waals surface area contributed by atoms with Gasteiger partial charge in [-0.2, -0.15) is 0 Å². The van der Waals surface area contributed by atoms with E-state index in [1.807, 2.05) is 59.8 Å². The average molecular weight is 353 g/mol. The molecule has 0 atom stereocenters. The van der Waals surface area contributed by atoms with Crippen LogP contribution >= 0.6 is 11.6 Å². The Hall–Kier alpha value is -2.43. The number of nitrogens with zero attached hydrogens (tertiary/aromatic N) is 2. The third-order valence-electron chi connectivity index (χ3n) is 4.46. The third kappa shape index (κ3) is 3.23. The molecule has 0 bridgehead atoms. The molecule has 1 aliphatic heterocycles. The number of amides is 1. The second-order valence-electron chi connectivity index (χ2n) is 6.03. The zero-order valence-electron chi connectivity index (χ0n) is 13.6. The van der Waals surface area contributed by atoms with Crippen molar-refractivity contribution in [2.24, 2.45) is 0 Å². The maximum atomic E-state index is 12.8. The zero-order valence-corrected chi connectivity index (χ0v) is 14.4. The molecule has 1 aromatic heterocycles. The Kier molecular flexibility index (Phi) is 4.38. The van der Waals surface area contributed by atoms with E-state index < -0.39 is 0 Å². The van der Waals surface area contributed by atoms with Gasteiger partial charge in [-0.05, 0) is 35.2 Å². The highest BCUT2D eigenvalue weighted by Gasteiger charge is 2.19. The summed E-state index contributed by atoms with van der Waals surface area (Å²) in [5.41, 5.74) is 2.71. The molecule has 4 nitrogen and oxygen atoms in total. The molecule has 1 amide bonds. The summed E-state index contributed by atoms with van der Waals surface area (Å²) in [5, 5.41) is 2.71. The topological polar surface area (TPSA) is 42.4 Å². The molecule has 0 saturated carbocycles. The van der Waals surface area contributed by atoms with Crippen molar-refractivity contribution < 1.29 is 9.53 Å². The molecule has 1 fully saturated rings. The fraction of sp³-hybridized carbons (Fsp3) is 0.200. The van der Waals surface area contributed by atoms with Crippen molar-refractivity contribution in [1.82, 2.24) is 9.88 Å². The largest absolute Gasteiger partial charge is 0.378 e. The maximum absolute atomic E-state index is 12.8. The number of hydrogen-bond donors (Lipinski definition) is 0. The van der Waals surface area contributed by atoms with Gasteiger partial charge < -0.3 is 9.64 Å². The molecule has 5 heteroatoms. The predicted molar refractivity (Wildman–Crippen MR) is 98.9 cm³/mol.